The summed E-state index contributed by atoms with van der Waals surface area (Å²) < 4.78 is 0. The van der Waals surface area contributed by atoms with Gasteiger partial charge in [0.15, 0.2) is 0 Å². The summed E-state index contributed by atoms with van der Waals surface area (Å²) in [6.45, 7) is 5.29. The van der Waals surface area contributed by atoms with Gasteiger partial charge in [-0.2, -0.15) is 0 Å². The normalized spacial score (nSPS) is 19.2. The SMILES string of the molecule is CC(C)(C)C(O)C(Cl)C(Cl)C(=O)O. The maximum Gasteiger partial charge on any atom is 0.323 e. The predicted molar refractivity (Wildman–Crippen MR) is 52.4 cm³/mol. The van der Waals surface area contributed by atoms with Crippen molar-refractivity contribution in [2.24, 2.45) is 5.41 Å². The van der Waals surface area contributed by atoms with Crippen LogP contribution in [0.5, 0.6) is 0 Å². The summed E-state index contributed by atoms with van der Waals surface area (Å²) in [5, 5.41) is 15.9. The molecule has 0 heterocycles. The lowest BCUT2D eigenvalue weighted by atomic mass is 9.86. The van der Waals surface area contributed by atoms with Gasteiger partial charge >= 0.3 is 5.97 Å². The van der Waals surface area contributed by atoms with Crippen molar-refractivity contribution in [3.05, 3.63) is 0 Å². The molecule has 0 aliphatic rings. The zero-order valence-corrected chi connectivity index (χ0v) is 9.30. The minimum absolute atomic E-state index is 0.477. The quantitative estimate of drug-likeness (QED) is 0.724. The molecular formula is C8H14Cl2O3. The van der Waals surface area contributed by atoms with E-state index in [4.69, 9.17) is 28.3 Å². The van der Waals surface area contributed by atoms with Crippen molar-refractivity contribution in [3.63, 3.8) is 0 Å². The van der Waals surface area contributed by atoms with Crippen LogP contribution < -0.4 is 0 Å². The van der Waals surface area contributed by atoms with E-state index in [2.05, 4.69) is 0 Å². The molecule has 0 rings (SSSR count). The number of hydrogen-bond donors (Lipinski definition) is 2. The zero-order valence-electron chi connectivity index (χ0n) is 7.79. The van der Waals surface area contributed by atoms with Crippen molar-refractivity contribution in [3.8, 4) is 0 Å². The third-order valence-corrected chi connectivity index (χ3v) is 2.78. The fourth-order valence-electron chi connectivity index (χ4n) is 0.774. The molecule has 0 fully saturated rings. The molecule has 3 unspecified atom stereocenters. The van der Waals surface area contributed by atoms with Crippen LogP contribution in [0.2, 0.25) is 0 Å². The number of carboxylic acid groups (broad SMARTS) is 1. The number of hydrogen-bond acceptors (Lipinski definition) is 2. The Balaban J connectivity index is 4.42. The highest BCUT2D eigenvalue weighted by molar-refractivity contribution is 6.36. The lowest BCUT2D eigenvalue weighted by Crippen LogP contribution is -2.42. The van der Waals surface area contributed by atoms with Gasteiger partial charge in [-0.1, -0.05) is 20.8 Å². The van der Waals surface area contributed by atoms with Gasteiger partial charge in [-0.3, -0.25) is 4.79 Å². The van der Waals surface area contributed by atoms with E-state index in [9.17, 15) is 9.90 Å². The number of rotatable bonds is 3. The molecule has 5 heteroatoms. The Hall–Kier alpha value is 0.01000. The molecule has 3 atom stereocenters. The molecule has 0 saturated heterocycles. The number of carbonyl (C=O) groups is 1. The van der Waals surface area contributed by atoms with Gasteiger partial charge in [0.2, 0.25) is 0 Å². The van der Waals surface area contributed by atoms with E-state index < -0.39 is 28.2 Å². The van der Waals surface area contributed by atoms with Gasteiger partial charge in [0, 0.05) is 0 Å². The Labute approximate surface area is 87.7 Å². The molecule has 0 bridgehead atoms. The molecule has 0 radical (unpaired) electrons. The van der Waals surface area contributed by atoms with Gasteiger partial charge in [-0.25, -0.2) is 0 Å². The van der Waals surface area contributed by atoms with Gasteiger partial charge in [-0.05, 0) is 5.41 Å². The highest BCUT2D eigenvalue weighted by Crippen LogP contribution is 2.28. The Morgan fingerprint density at radius 1 is 1.31 bits per heavy atom. The average molecular weight is 229 g/mol. The van der Waals surface area contributed by atoms with Crippen molar-refractivity contribution in [1.82, 2.24) is 0 Å². The summed E-state index contributed by atoms with van der Waals surface area (Å²) in [5.74, 6) is -1.22. The molecule has 2 N–H and O–H groups in total. The van der Waals surface area contributed by atoms with Gasteiger partial charge in [-0.15, -0.1) is 23.2 Å². The number of aliphatic carboxylic acids is 1. The van der Waals surface area contributed by atoms with E-state index in [-0.39, 0.29) is 0 Å². The maximum atomic E-state index is 10.4. The minimum Gasteiger partial charge on any atom is -0.480 e. The first-order valence-electron chi connectivity index (χ1n) is 3.87. The van der Waals surface area contributed by atoms with Crippen LogP contribution in [0.25, 0.3) is 0 Å². The largest absolute Gasteiger partial charge is 0.480 e. The first kappa shape index (κ1) is 13.0. The van der Waals surface area contributed by atoms with Gasteiger partial charge in [0.1, 0.15) is 5.38 Å². The van der Waals surface area contributed by atoms with E-state index in [1.54, 1.807) is 20.8 Å². The average Bonchev–Trinajstić information content (AvgIpc) is 1.98. The van der Waals surface area contributed by atoms with Crippen molar-refractivity contribution in [2.75, 3.05) is 0 Å². The number of aliphatic hydroxyl groups is 1. The van der Waals surface area contributed by atoms with Crippen LogP contribution in [0.1, 0.15) is 20.8 Å². The monoisotopic (exact) mass is 228 g/mol. The van der Waals surface area contributed by atoms with E-state index in [0.29, 0.717) is 0 Å². The van der Waals surface area contributed by atoms with Gasteiger partial charge in [0.05, 0.1) is 11.5 Å². The number of alkyl halides is 2. The summed E-state index contributed by atoms with van der Waals surface area (Å²) in [6, 6.07) is 0. The second-order valence-corrected chi connectivity index (χ2v) is 4.97. The molecule has 0 aliphatic heterocycles. The van der Waals surface area contributed by atoms with Crippen LogP contribution in [0.15, 0.2) is 0 Å². The highest BCUT2D eigenvalue weighted by Gasteiger charge is 2.36. The molecule has 0 aromatic carbocycles. The third kappa shape index (κ3) is 3.71. The molecule has 0 aromatic heterocycles. The molecule has 78 valence electrons. The lowest BCUT2D eigenvalue weighted by Gasteiger charge is -2.30. The zero-order chi connectivity index (χ0) is 10.8. The Morgan fingerprint density at radius 3 is 1.92 bits per heavy atom. The Kier molecular flexibility index (Phi) is 4.49. The summed E-state index contributed by atoms with van der Waals surface area (Å²) in [6.07, 6.45) is -0.951. The fourth-order valence-corrected chi connectivity index (χ4v) is 1.40. The van der Waals surface area contributed by atoms with Crippen molar-refractivity contribution in [1.29, 1.82) is 0 Å². The van der Waals surface area contributed by atoms with Crippen LogP contribution in [0, 0.1) is 5.41 Å². The van der Waals surface area contributed by atoms with Gasteiger partial charge < -0.3 is 10.2 Å². The molecule has 0 spiro atoms. The highest BCUT2D eigenvalue weighted by atomic mass is 35.5. The summed E-state index contributed by atoms with van der Waals surface area (Å²) >= 11 is 11.2. The molecule has 0 amide bonds. The molecular weight excluding hydrogens is 215 g/mol. The molecule has 3 nitrogen and oxygen atoms in total. The minimum atomic E-state index is -1.27. The van der Waals surface area contributed by atoms with Crippen LogP contribution in [0.4, 0.5) is 0 Å². The maximum absolute atomic E-state index is 10.4. The first-order valence-corrected chi connectivity index (χ1v) is 4.74. The van der Waals surface area contributed by atoms with E-state index in [0.717, 1.165) is 0 Å². The first-order chi connectivity index (χ1) is 5.68. The lowest BCUT2D eigenvalue weighted by molar-refractivity contribution is -0.137. The summed E-state index contributed by atoms with van der Waals surface area (Å²) in [5.41, 5.74) is -0.477. The fraction of sp³-hybridized carbons (Fsp3) is 0.875. The number of halogens is 2. The number of aliphatic hydroxyl groups excluding tert-OH is 1. The van der Waals surface area contributed by atoms with Crippen molar-refractivity contribution in [2.45, 2.75) is 37.6 Å². The standard InChI is InChI=1S/C8H14Cl2O3/c1-8(2,3)6(11)4(9)5(10)7(12)13/h4-6,11H,1-3H3,(H,12,13). The molecule has 13 heavy (non-hydrogen) atoms. The molecule has 0 aromatic rings. The number of carboxylic acids is 1. The van der Waals surface area contributed by atoms with Crippen molar-refractivity contribution < 1.29 is 15.0 Å². The van der Waals surface area contributed by atoms with E-state index in [1.807, 2.05) is 0 Å². The predicted octanol–water partition coefficient (Wildman–Crippen LogP) is 1.69. The molecule has 0 saturated carbocycles. The van der Waals surface area contributed by atoms with E-state index in [1.165, 1.54) is 0 Å². The molecule has 0 aliphatic carbocycles. The Bertz CT molecular complexity index is 188. The second-order valence-electron chi connectivity index (χ2n) is 4.00. The van der Waals surface area contributed by atoms with E-state index >= 15 is 0 Å². The van der Waals surface area contributed by atoms with Crippen LogP contribution in [-0.2, 0) is 4.79 Å². The van der Waals surface area contributed by atoms with Crippen LogP contribution >= 0.6 is 23.2 Å². The smallest absolute Gasteiger partial charge is 0.323 e. The Morgan fingerprint density at radius 2 is 1.69 bits per heavy atom. The topological polar surface area (TPSA) is 57.5 Å². The van der Waals surface area contributed by atoms with Crippen LogP contribution in [-0.4, -0.2) is 33.0 Å². The summed E-state index contributed by atoms with van der Waals surface area (Å²) in [7, 11) is 0. The van der Waals surface area contributed by atoms with Crippen molar-refractivity contribution >= 4 is 29.2 Å². The van der Waals surface area contributed by atoms with Crippen LogP contribution in [0.3, 0.4) is 0 Å². The second kappa shape index (κ2) is 4.49. The van der Waals surface area contributed by atoms with Gasteiger partial charge in [0.25, 0.3) is 0 Å². The summed E-state index contributed by atoms with van der Waals surface area (Å²) in [4.78, 5) is 10.4. The third-order valence-electron chi connectivity index (χ3n) is 1.70.